The van der Waals surface area contributed by atoms with Gasteiger partial charge in [-0.25, -0.2) is 0 Å². The molecule has 0 N–H and O–H groups in total. The predicted molar refractivity (Wildman–Crippen MR) is 118 cm³/mol. The number of benzene rings is 2. The van der Waals surface area contributed by atoms with Gasteiger partial charge >= 0.3 is 0 Å². The van der Waals surface area contributed by atoms with Crippen molar-refractivity contribution in [2.75, 3.05) is 13.7 Å². The summed E-state index contributed by atoms with van der Waals surface area (Å²) >= 11 is 10.2. The Morgan fingerprint density at radius 3 is 2.62 bits per heavy atom. The van der Waals surface area contributed by atoms with Crippen molar-refractivity contribution in [1.29, 1.82) is 0 Å². The third kappa shape index (κ3) is 4.96. The third-order valence-corrected chi connectivity index (χ3v) is 5.85. The molecule has 2 amide bonds. The number of ether oxygens (including phenoxy) is 2. The molecule has 3 rings (SSSR count). The Balaban J connectivity index is 1.83. The summed E-state index contributed by atoms with van der Waals surface area (Å²) in [5.41, 5.74) is 1.63. The van der Waals surface area contributed by atoms with E-state index in [2.05, 4.69) is 21.9 Å². The largest absolute Gasteiger partial charge is 0.493 e. The Labute approximate surface area is 186 Å². The molecule has 1 aliphatic rings. The zero-order valence-electron chi connectivity index (χ0n) is 15.3. The van der Waals surface area contributed by atoms with Crippen LogP contribution in [0.2, 0.25) is 5.02 Å². The van der Waals surface area contributed by atoms with Gasteiger partial charge in [-0.3, -0.25) is 14.5 Å². The zero-order chi connectivity index (χ0) is 21.0. The average molecular weight is 493 g/mol. The summed E-state index contributed by atoms with van der Waals surface area (Å²) in [4.78, 5) is 25.6. The number of imide groups is 1. The minimum Gasteiger partial charge on any atom is -0.493 e. The van der Waals surface area contributed by atoms with Crippen LogP contribution in [0, 0.1) is 12.3 Å². The van der Waals surface area contributed by atoms with Gasteiger partial charge in [-0.05, 0) is 53.2 Å². The summed E-state index contributed by atoms with van der Waals surface area (Å²) in [5, 5.41) is 0.273. The van der Waals surface area contributed by atoms with Crippen LogP contribution in [0.1, 0.15) is 11.1 Å². The maximum atomic E-state index is 12.4. The normalized spacial score (nSPS) is 15.0. The number of thioether (sulfide) groups is 1. The molecule has 5 nitrogen and oxygen atoms in total. The fraction of sp³-hybridized carbons (Fsp3) is 0.143. The quantitative estimate of drug-likeness (QED) is 0.401. The lowest BCUT2D eigenvalue weighted by molar-refractivity contribution is -0.122. The molecule has 1 aliphatic heterocycles. The summed E-state index contributed by atoms with van der Waals surface area (Å²) in [5.74, 6) is 2.93. The maximum absolute atomic E-state index is 12.4. The number of rotatable bonds is 6. The van der Waals surface area contributed by atoms with Crippen molar-refractivity contribution in [1.82, 2.24) is 4.90 Å². The number of hydrogen-bond donors (Lipinski definition) is 0. The van der Waals surface area contributed by atoms with Crippen molar-refractivity contribution >= 4 is 56.5 Å². The Morgan fingerprint density at radius 2 is 1.97 bits per heavy atom. The SMILES string of the molecule is C#CCN1C(=O)S/C(=C/c2cc(OC)c(OCc3ccc(Cl)cc3)cc2Br)C1=O. The van der Waals surface area contributed by atoms with Gasteiger partial charge in [0.25, 0.3) is 11.1 Å². The number of nitrogens with zero attached hydrogens (tertiary/aromatic N) is 1. The van der Waals surface area contributed by atoms with Gasteiger partial charge in [-0.2, -0.15) is 0 Å². The predicted octanol–water partition coefficient (Wildman–Crippen LogP) is 5.36. The summed E-state index contributed by atoms with van der Waals surface area (Å²) < 4.78 is 12.0. The first-order chi connectivity index (χ1) is 13.9. The summed E-state index contributed by atoms with van der Waals surface area (Å²) in [6.45, 7) is 0.286. The van der Waals surface area contributed by atoms with E-state index in [9.17, 15) is 9.59 Å². The van der Waals surface area contributed by atoms with E-state index in [4.69, 9.17) is 27.5 Å². The molecule has 0 aliphatic carbocycles. The van der Waals surface area contributed by atoms with E-state index in [1.807, 2.05) is 12.1 Å². The van der Waals surface area contributed by atoms with Crippen molar-refractivity contribution in [3.05, 3.63) is 61.9 Å². The number of terminal acetylenes is 1. The van der Waals surface area contributed by atoms with E-state index in [1.54, 1.807) is 30.3 Å². The third-order valence-electron chi connectivity index (χ3n) is 4.00. The Morgan fingerprint density at radius 1 is 1.24 bits per heavy atom. The first-order valence-electron chi connectivity index (χ1n) is 8.36. The number of hydrogen-bond acceptors (Lipinski definition) is 5. The molecule has 0 radical (unpaired) electrons. The molecule has 2 aromatic carbocycles. The van der Waals surface area contributed by atoms with Gasteiger partial charge in [0.2, 0.25) is 0 Å². The fourth-order valence-electron chi connectivity index (χ4n) is 2.54. The van der Waals surface area contributed by atoms with Gasteiger partial charge in [0.15, 0.2) is 11.5 Å². The standard InChI is InChI=1S/C21H15BrClNO4S/c1-3-8-24-20(25)19(29-21(24)26)10-14-9-17(27-2)18(11-16(14)22)28-12-13-4-6-15(23)7-5-13/h1,4-7,9-11H,8,12H2,2H3/b19-10+. The van der Waals surface area contributed by atoms with E-state index < -0.39 is 5.91 Å². The van der Waals surface area contributed by atoms with E-state index in [0.717, 1.165) is 22.2 Å². The highest BCUT2D eigenvalue weighted by molar-refractivity contribution is 9.10. The van der Waals surface area contributed by atoms with Crippen LogP contribution in [0.3, 0.4) is 0 Å². The molecule has 0 aromatic heterocycles. The van der Waals surface area contributed by atoms with Crippen LogP contribution in [0.25, 0.3) is 6.08 Å². The molecule has 2 aromatic rings. The van der Waals surface area contributed by atoms with Gasteiger partial charge in [-0.15, -0.1) is 6.42 Å². The van der Waals surface area contributed by atoms with Gasteiger partial charge in [-0.1, -0.05) is 45.6 Å². The molecule has 1 heterocycles. The Bertz CT molecular complexity index is 1030. The van der Waals surface area contributed by atoms with E-state index in [-0.39, 0.29) is 11.8 Å². The van der Waals surface area contributed by atoms with Crippen molar-refractivity contribution < 1.29 is 19.1 Å². The minimum atomic E-state index is -0.410. The zero-order valence-corrected chi connectivity index (χ0v) is 18.4. The second-order valence-electron chi connectivity index (χ2n) is 5.91. The molecule has 0 bridgehead atoms. The van der Waals surface area contributed by atoms with Crippen molar-refractivity contribution in [2.24, 2.45) is 0 Å². The van der Waals surface area contributed by atoms with E-state index in [1.165, 1.54) is 7.11 Å². The second-order valence-corrected chi connectivity index (χ2v) is 8.20. The molecule has 0 spiro atoms. The van der Waals surface area contributed by atoms with Crippen LogP contribution in [0.15, 0.2) is 45.8 Å². The number of amides is 2. The topological polar surface area (TPSA) is 55.8 Å². The first kappa shape index (κ1) is 21.3. The van der Waals surface area contributed by atoms with Crippen LogP contribution < -0.4 is 9.47 Å². The summed E-state index contributed by atoms with van der Waals surface area (Å²) in [6, 6.07) is 10.8. The molecular weight excluding hydrogens is 478 g/mol. The van der Waals surface area contributed by atoms with Crippen molar-refractivity contribution in [3.63, 3.8) is 0 Å². The second kappa shape index (κ2) is 9.40. The van der Waals surface area contributed by atoms with Crippen molar-refractivity contribution in [3.8, 4) is 23.8 Å². The number of carbonyl (C=O) groups is 2. The molecule has 29 heavy (non-hydrogen) atoms. The molecule has 0 unspecified atom stereocenters. The highest BCUT2D eigenvalue weighted by Gasteiger charge is 2.34. The van der Waals surface area contributed by atoms with Crippen LogP contribution in [-0.4, -0.2) is 29.7 Å². The Kier molecular flexibility index (Phi) is 6.91. The molecule has 1 fully saturated rings. The van der Waals surface area contributed by atoms with Crippen LogP contribution >= 0.6 is 39.3 Å². The number of halogens is 2. The lowest BCUT2D eigenvalue weighted by atomic mass is 10.1. The van der Waals surface area contributed by atoms with Crippen LogP contribution in [0.5, 0.6) is 11.5 Å². The minimum absolute atomic E-state index is 0.0516. The van der Waals surface area contributed by atoms with E-state index in [0.29, 0.717) is 38.1 Å². The smallest absolute Gasteiger partial charge is 0.294 e. The highest BCUT2D eigenvalue weighted by Crippen LogP contribution is 2.38. The Hall–Kier alpha value is -2.40. The van der Waals surface area contributed by atoms with Crippen LogP contribution in [0.4, 0.5) is 4.79 Å². The van der Waals surface area contributed by atoms with Gasteiger partial charge < -0.3 is 9.47 Å². The van der Waals surface area contributed by atoms with Gasteiger partial charge in [0.05, 0.1) is 18.6 Å². The monoisotopic (exact) mass is 491 g/mol. The van der Waals surface area contributed by atoms with Crippen LogP contribution in [-0.2, 0) is 11.4 Å². The molecule has 1 saturated heterocycles. The van der Waals surface area contributed by atoms with E-state index >= 15 is 0 Å². The lowest BCUT2D eigenvalue weighted by Crippen LogP contribution is -2.28. The maximum Gasteiger partial charge on any atom is 0.294 e. The fourth-order valence-corrected chi connectivity index (χ4v) is 3.94. The molecule has 8 heteroatoms. The average Bonchev–Trinajstić information content (AvgIpc) is 2.97. The number of methoxy groups -OCH3 is 1. The highest BCUT2D eigenvalue weighted by atomic mass is 79.9. The molecule has 148 valence electrons. The first-order valence-corrected chi connectivity index (χ1v) is 10.3. The lowest BCUT2D eigenvalue weighted by Gasteiger charge is -2.13. The molecule has 0 saturated carbocycles. The number of carbonyl (C=O) groups excluding carboxylic acids is 2. The summed E-state index contributed by atoms with van der Waals surface area (Å²) in [6.07, 6.45) is 6.84. The van der Waals surface area contributed by atoms with Gasteiger partial charge in [0.1, 0.15) is 6.61 Å². The molecule has 0 atom stereocenters. The molecular formula is C21H15BrClNO4S. The summed E-state index contributed by atoms with van der Waals surface area (Å²) in [7, 11) is 1.53. The van der Waals surface area contributed by atoms with Gasteiger partial charge in [0, 0.05) is 9.50 Å². The van der Waals surface area contributed by atoms with Crippen molar-refractivity contribution in [2.45, 2.75) is 6.61 Å².